The molecule has 2 N–H and O–H groups in total. The molecule has 0 saturated carbocycles. The molecule has 0 aromatic heterocycles. The van der Waals surface area contributed by atoms with Gasteiger partial charge in [0.1, 0.15) is 11.8 Å². The van der Waals surface area contributed by atoms with E-state index in [0.717, 1.165) is 16.7 Å². The van der Waals surface area contributed by atoms with Crippen LogP contribution in [0.5, 0.6) is 5.75 Å². The first kappa shape index (κ1) is 17.5. The average molecular weight is 327 g/mol. The van der Waals surface area contributed by atoms with Gasteiger partial charge in [-0.15, -0.1) is 0 Å². The van der Waals surface area contributed by atoms with Crippen molar-refractivity contribution in [1.29, 1.82) is 0 Å². The summed E-state index contributed by atoms with van der Waals surface area (Å²) >= 11 is 0. The maximum absolute atomic E-state index is 12.0. The number of carboxylic acid groups (broad SMARTS) is 1. The molecule has 0 radical (unpaired) electrons. The highest BCUT2D eigenvalue weighted by Crippen LogP contribution is 2.18. The second-order valence-electron chi connectivity index (χ2n) is 5.71. The van der Waals surface area contributed by atoms with Gasteiger partial charge in [0.25, 0.3) is 5.91 Å². The van der Waals surface area contributed by atoms with E-state index in [1.165, 1.54) is 0 Å². The third kappa shape index (κ3) is 5.12. The summed E-state index contributed by atoms with van der Waals surface area (Å²) in [5.41, 5.74) is 2.89. The minimum atomic E-state index is -1.07. The van der Waals surface area contributed by atoms with Crippen molar-refractivity contribution in [2.45, 2.75) is 26.3 Å². The van der Waals surface area contributed by atoms with Gasteiger partial charge in [0, 0.05) is 6.42 Å². The number of rotatable bonds is 7. The van der Waals surface area contributed by atoms with E-state index in [2.05, 4.69) is 5.32 Å². The summed E-state index contributed by atoms with van der Waals surface area (Å²) in [6.45, 7) is 3.66. The highest BCUT2D eigenvalue weighted by molar-refractivity contribution is 5.84. The molecular weight excluding hydrogens is 306 g/mol. The highest BCUT2D eigenvalue weighted by Gasteiger charge is 2.20. The first-order valence-electron chi connectivity index (χ1n) is 7.72. The van der Waals surface area contributed by atoms with Crippen molar-refractivity contribution in [2.75, 3.05) is 6.61 Å². The molecule has 0 aliphatic carbocycles. The van der Waals surface area contributed by atoms with Crippen molar-refractivity contribution in [3.05, 3.63) is 65.2 Å². The summed E-state index contributed by atoms with van der Waals surface area (Å²) < 4.78 is 5.48. The molecule has 1 atom stereocenters. The number of carboxylic acids is 1. The number of benzene rings is 2. The van der Waals surface area contributed by atoms with Crippen LogP contribution in [-0.4, -0.2) is 29.6 Å². The molecule has 1 amide bonds. The summed E-state index contributed by atoms with van der Waals surface area (Å²) in [6.07, 6.45) is 0.228. The molecule has 0 bridgehead atoms. The van der Waals surface area contributed by atoms with Crippen molar-refractivity contribution in [1.82, 2.24) is 5.32 Å². The van der Waals surface area contributed by atoms with Gasteiger partial charge in [-0.05, 0) is 31.0 Å². The SMILES string of the molecule is Cc1ccc(OCC(=O)N[C@H](Cc2ccccc2)C(=O)O)c(C)c1. The van der Waals surface area contributed by atoms with Crippen LogP contribution in [0.25, 0.3) is 0 Å². The Bertz CT molecular complexity index is 713. The molecule has 2 aromatic carbocycles. The van der Waals surface area contributed by atoms with Crippen LogP contribution >= 0.6 is 0 Å². The number of aliphatic carboxylic acids is 1. The van der Waals surface area contributed by atoms with Crippen LogP contribution in [0.2, 0.25) is 0 Å². The molecule has 0 aliphatic rings. The largest absolute Gasteiger partial charge is 0.484 e. The first-order chi connectivity index (χ1) is 11.5. The van der Waals surface area contributed by atoms with Crippen LogP contribution in [0.15, 0.2) is 48.5 Å². The van der Waals surface area contributed by atoms with E-state index in [4.69, 9.17) is 4.74 Å². The molecule has 126 valence electrons. The lowest BCUT2D eigenvalue weighted by Gasteiger charge is -2.15. The van der Waals surface area contributed by atoms with Crippen LogP contribution in [-0.2, 0) is 16.0 Å². The zero-order valence-electron chi connectivity index (χ0n) is 13.8. The number of carbonyl (C=O) groups excluding carboxylic acids is 1. The van der Waals surface area contributed by atoms with E-state index in [1.54, 1.807) is 6.07 Å². The number of ether oxygens (including phenoxy) is 1. The zero-order chi connectivity index (χ0) is 17.5. The monoisotopic (exact) mass is 327 g/mol. The molecule has 24 heavy (non-hydrogen) atoms. The van der Waals surface area contributed by atoms with Gasteiger partial charge in [0.2, 0.25) is 0 Å². The lowest BCUT2D eigenvalue weighted by Crippen LogP contribution is -2.44. The number of carbonyl (C=O) groups is 2. The fraction of sp³-hybridized carbons (Fsp3) is 0.263. The Morgan fingerprint density at radius 2 is 1.83 bits per heavy atom. The number of hydrogen-bond acceptors (Lipinski definition) is 3. The Balaban J connectivity index is 1.92. The van der Waals surface area contributed by atoms with E-state index in [-0.39, 0.29) is 13.0 Å². The Labute approximate surface area is 141 Å². The van der Waals surface area contributed by atoms with E-state index in [9.17, 15) is 14.7 Å². The third-order valence-corrected chi connectivity index (χ3v) is 3.61. The molecule has 0 spiro atoms. The quantitative estimate of drug-likeness (QED) is 0.819. The third-order valence-electron chi connectivity index (χ3n) is 3.61. The molecule has 2 aromatic rings. The minimum Gasteiger partial charge on any atom is -0.484 e. The Kier molecular flexibility index (Phi) is 5.95. The highest BCUT2D eigenvalue weighted by atomic mass is 16.5. The molecule has 0 fully saturated rings. The average Bonchev–Trinajstić information content (AvgIpc) is 2.54. The number of aryl methyl sites for hydroxylation is 2. The van der Waals surface area contributed by atoms with Gasteiger partial charge in [-0.25, -0.2) is 4.79 Å². The van der Waals surface area contributed by atoms with Crippen LogP contribution in [0.1, 0.15) is 16.7 Å². The van der Waals surface area contributed by atoms with Crippen LogP contribution in [0, 0.1) is 13.8 Å². The van der Waals surface area contributed by atoms with Gasteiger partial charge in [0.05, 0.1) is 0 Å². The lowest BCUT2D eigenvalue weighted by molar-refractivity contribution is -0.142. The van der Waals surface area contributed by atoms with Crippen molar-refractivity contribution >= 4 is 11.9 Å². The standard InChI is InChI=1S/C19H21NO4/c1-13-8-9-17(14(2)10-13)24-12-18(21)20-16(19(22)23)11-15-6-4-3-5-7-15/h3-10,16H,11-12H2,1-2H3,(H,20,21)(H,22,23)/t16-/m1/s1. The maximum atomic E-state index is 12.0. The summed E-state index contributed by atoms with van der Waals surface area (Å²) in [4.78, 5) is 23.3. The fourth-order valence-electron chi connectivity index (χ4n) is 2.39. The molecule has 5 nitrogen and oxygen atoms in total. The minimum absolute atomic E-state index is 0.220. The van der Waals surface area contributed by atoms with Crippen molar-refractivity contribution < 1.29 is 19.4 Å². The van der Waals surface area contributed by atoms with E-state index < -0.39 is 17.9 Å². The molecule has 0 saturated heterocycles. The summed E-state index contributed by atoms with van der Waals surface area (Å²) in [5, 5.41) is 11.8. The number of nitrogens with one attached hydrogen (secondary N) is 1. The summed E-state index contributed by atoms with van der Waals surface area (Å²) in [5.74, 6) is -0.914. The van der Waals surface area contributed by atoms with Gasteiger partial charge in [-0.1, -0.05) is 48.0 Å². The van der Waals surface area contributed by atoms with E-state index in [1.807, 2.05) is 56.3 Å². The second-order valence-corrected chi connectivity index (χ2v) is 5.71. The normalized spacial score (nSPS) is 11.6. The number of hydrogen-bond donors (Lipinski definition) is 2. The molecule has 0 unspecified atom stereocenters. The molecule has 5 heteroatoms. The molecule has 0 aliphatic heterocycles. The Hall–Kier alpha value is -2.82. The van der Waals surface area contributed by atoms with Gasteiger partial charge < -0.3 is 15.2 Å². The maximum Gasteiger partial charge on any atom is 0.326 e. The Morgan fingerprint density at radius 3 is 2.46 bits per heavy atom. The van der Waals surface area contributed by atoms with Crippen LogP contribution in [0.4, 0.5) is 0 Å². The second kappa shape index (κ2) is 8.15. The van der Waals surface area contributed by atoms with Crippen molar-refractivity contribution in [3.63, 3.8) is 0 Å². The molecular formula is C19H21NO4. The smallest absolute Gasteiger partial charge is 0.326 e. The van der Waals surface area contributed by atoms with Crippen LogP contribution < -0.4 is 10.1 Å². The Morgan fingerprint density at radius 1 is 1.12 bits per heavy atom. The predicted molar refractivity (Wildman–Crippen MR) is 91.1 cm³/mol. The van der Waals surface area contributed by atoms with Gasteiger partial charge in [-0.3, -0.25) is 4.79 Å². The first-order valence-corrected chi connectivity index (χ1v) is 7.72. The van der Waals surface area contributed by atoms with Gasteiger partial charge >= 0.3 is 5.97 Å². The van der Waals surface area contributed by atoms with Gasteiger partial charge in [0.15, 0.2) is 6.61 Å². The molecule has 0 heterocycles. The summed E-state index contributed by atoms with van der Waals surface area (Å²) in [7, 11) is 0. The predicted octanol–water partition coefficient (Wildman–Crippen LogP) is 2.49. The fourth-order valence-corrected chi connectivity index (χ4v) is 2.39. The zero-order valence-corrected chi connectivity index (χ0v) is 13.8. The molecule has 2 rings (SSSR count). The number of amides is 1. The summed E-state index contributed by atoms with van der Waals surface area (Å²) in [6, 6.07) is 13.9. The lowest BCUT2D eigenvalue weighted by atomic mass is 10.1. The van der Waals surface area contributed by atoms with E-state index >= 15 is 0 Å². The van der Waals surface area contributed by atoms with Crippen molar-refractivity contribution in [2.24, 2.45) is 0 Å². The van der Waals surface area contributed by atoms with Crippen molar-refractivity contribution in [3.8, 4) is 5.75 Å². The van der Waals surface area contributed by atoms with E-state index in [0.29, 0.717) is 5.75 Å². The van der Waals surface area contributed by atoms with Gasteiger partial charge in [-0.2, -0.15) is 0 Å². The van der Waals surface area contributed by atoms with Crippen LogP contribution in [0.3, 0.4) is 0 Å². The topological polar surface area (TPSA) is 75.6 Å².